The molecule has 18 N–H and O–H groups in total. The minimum atomic E-state index is -4.78. The number of anilines is 9. The number of hydrogen-bond donors (Lipinski definition) is 11. The monoisotopic (exact) mass is 1470 g/mol. The van der Waals surface area contributed by atoms with E-state index < -0.39 is 92.9 Å². The molecule has 0 amide bonds. The lowest BCUT2D eigenvalue weighted by molar-refractivity contribution is -0.138. The Bertz CT molecular complexity index is 4730. The summed E-state index contributed by atoms with van der Waals surface area (Å²) in [5.41, 5.74) is 33.2. The first-order chi connectivity index (χ1) is 49.1. The number of aryl methyl sites for hydroxylation is 2. The number of H-pyrrole nitrogens is 1. The topological polar surface area (TPSA) is 436 Å². The number of hydrogen-bond acceptors (Lipinski definition) is 24. The fourth-order valence-corrected chi connectivity index (χ4v) is 9.47. The van der Waals surface area contributed by atoms with Gasteiger partial charge in [-0.3, -0.25) is 24.3 Å². The molecular formula is C67H68F12N22O4. The largest absolute Gasteiger partial charge is 0.418 e. The Balaban J connectivity index is 0.000000196. The van der Waals surface area contributed by atoms with Gasteiger partial charge in [0.15, 0.2) is 11.6 Å². The Morgan fingerprint density at radius 1 is 0.467 bits per heavy atom. The Labute approximate surface area is 589 Å². The van der Waals surface area contributed by atoms with Crippen molar-refractivity contribution in [2.45, 2.75) is 84.8 Å². The van der Waals surface area contributed by atoms with E-state index in [0.717, 1.165) is 53.2 Å². The third kappa shape index (κ3) is 21.2. The Hall–Kier alpha value is -12.2. The van der Waals surface area contributed by atoms with Crippen LogP contribution in [0.1, 0.15) is 132 Å². The molecule has 10 aromatic heterocycles. The average molecular weight is 1470 g/mol. The van der Waals surface area contributed by atoms with Gasteiger partial charge < -0.3 is 56.1 Å². The number of carbonyl (C=O) groups excluding carboxylic acids is 4. The molecule has 10 rings (SSSR count). The molecular weight excluding hydrogens is 1400 g/mol. The van der Waals surface area contributed by atoms with Crippen molar-refractivity contribution in [3.05, 3.63) is 213 Å². The van der Waals surface area contributed by atoms with Gasteiger partial charge in [0, 0.05) is 67.8 Å². The van der Waals surface area contributed by atoms with E-state index in [2.05, 4.69) is 71.1 Å². The van der Waals surface area contributed by atoms with Gasteiger partial charge in [-0.25, -0.2) is 39.9 Å². The number of nitrogens with two attached hydrogens (primary N) is 7. The predicted molar refractivity (Wildman–Crippen MR) is 365 cm³/mol. The number of alkyl halides is 12. The fourth-order valence-electron chi connectivity index (χ4n) is 9.47. The number of nitrogens with one attached hydrogen (secondary N) is 4. The van der Waals surface area contributed by atoms with E-state index in [1.165, 1.54) is 91.5 Å². The summed E-state index contributed by atoms with van der Waals surface area (Å²) >= 11 is 0. The van der Waals surface area contributed by atoms with Crippen LogP contribution >= 0.6 is 0 Å². The zero-order chi connectivity index (χ0) is 77.6. The fraction of sp³-hybridized carbons (Fsp3) is 0.254. The summed E-state index contributed by atoms with van der Waals surface area (Å²) in [4.78, 5) is 80.9. The van der Waals surface area contributed by atoms with Crippen LogP contribution in [0.2, 0.25) is 0 Å². The van der Waals surface area contributed by atoms with E-state index in [1.807, 2.05) is 27.7 Å². The lowest BCUT2D eigenvalue weighted by Crippen LogP contribution is -2.34. The molecule has 0 unspecified atom stereocenters. The van der Waals surface area contributed by atoms with Gasteiger partial charge in [-0.05, 0) is 129 Å². The van der Waals surface area contributed by atoms with Gasteiger partial charge in [-0.15, -0.1) is 0 Å². The second kappa shape index (κ2) is 33.7. The first kappa shape index (κ1) is 80.1. The van der Waals surface area contributed by atoms with Crippen LogP contribution in [-0.4, -0.2) is 108 Å². The quantitative estimate of drug-likeness (QED) is 0.0249. The zero-order valence-corrected chi connectivity index (χ0v) is 56.3. The van der Waals surface area contributed by atoms with E-state index in [1.54, 1.807) is 19.9 Å². The Kier molecular flexibility index (Phi) is 25.7. The van der Waals surface area contributed by atoms with Crippen LogP contribution in [-0.2, 0) is 24.7 Å². The van der Waals surface area contributed by atoms with Crippen LogP contribution in [0, 0.1) is 25.7 Å². The summed E-state index contributed by atoms with van der Waals surface area (Å²) in [7, 11) is 0. The molecule has 0 radical (unpaired) electrons. The average Bonchev–Trinajstić information content (AvgIpc) is 1.75. The first-order valence-electron chi connectivity index (χ1n) is 31.1. The van der Waals surface area contributed by atoms with Crippen molar-refractivity contribution in [2.24, 2.45) is 23.3 Å². The summed E-state index contributed by atoms with van der Waals surface area (Å²) < 4.78 is 161. The third-order valence-electron chi connectivity index (χ3n) is 14.7. The van der Waals surface area contributed by atoms with Crippen LogP contribution in [0.5, 0.6) is 0 Å². The maximum Gasteiger partial charge on any atom is 0.418 e. The standard InChI is InChI=1S/C18H22F3N5O.C17H20F3N5O.2C16H13F3N6O/c1-10(2)8-11(22)9-25-14-6-5-13(18(19,20)21)15(26-14)16(27)12-4-3-7-24-17(12)23;1-9(2)12(21)8-24-13-6-5-11(17(18,19)20)14(25-13)15(26)10-4-3-7-23-16(10)22;1-8-7-11(20)25(24-8)12-5-4-10(16(17,18)19)13(23-12)14(26)9-3-2-6-22-15(9)21;1-8-7-12(25-24-8)22-11-5-4-10(16(17,18)19)13(23-11)14(26)9-3-2-6-21-15(9)20/h3-7,10-11H,8-9,22H2,1-2H3,(H2,23,24)(H,25,26);3-7,9,12H,8,21H2,1-2H3,(H2,22,23)(H,24,25);2-7H,20H2,1H3,(H2,21,22);2-7H,1H3,(H2,20,21)(H2,22,23,24,25)/t11-;12-;;/m01../s1. The summed E-state index contributed by atoms with van der Waals surface area (Å²) in [6.45, 7) is 11.9. The van der Waals surface area contributed by atoms with Gasteiger partial charge >= 0.3 is 24.7 Å². The second-order valence-electron chi connectivity index (χ2n) is 23.6. The third-order valence-corrected chi connectivity index (χ3v) is 14.7. The van der Waals surface area contributed by atoms with E-state index in [4.69, 9.17) is 40.1 Å². The van der Waals surface area contributed by atoms with Crippen LogP contribution in [0.4, 0.5) is 105 Å². The van der Waals surface area contributed by atoms with Gasteiger partial charge in [-0.2, -0.15) is 67.6 Å². The molecule has 0 saturated heterocycles. The first-order valence-corrected chi connectivity index (χ1v) is 31.1. The molecule has 0 spiro atoms. The van der Waals surface area contributed by atoms with Gasteiger partial charge in [0.2, 0.25) is 23.1 Å². The van der Waals surface area contributed by atoms with Gasteiger partial charge in [0.1, 0.15) is 69.3 Å². The highest BCUT2D eigenvalue weighted by atomic mass is 19.4. The second-order valence-corrected chi connectivity index (χ2v) is 23.6. The molecule has 10 heterocycles. The normalized spacial score (nSPS) is 12.2. The van der Waals surface area contributed by atoms with Crippen molar-refractivity contribution >= 4 is 75.5 Å². The number of nitrogen functional groups attached to an aromatic ring is 5. The molecule has 105 heavy (non-hydrogen) atoms. The van der Waals surface area contributed by atoms with Crippen molar-refractivity contribution in [2.75, 3.05) is 57.7 Å². The maximum absolute atomic E-state index is 13.4. The van der Waals surface area contributed by atoms with Gasteiger partial charge in [-0.1, -0.05) is 27.7 Å². The SMILES string of the molecule is CC(C)C[C@H](N)CNc1ccc(C(F)(F)F)c(C(=O)c2cccnc2N)n1.CC(C)[C@H](N)CNc1ccc(C(F)(F)F)c(C(=O)c2cccnc2N)n1.Cc1cc(N)n(-c2ccc(C(F)(F)F)c(C(=O)c3cccnc3N)n2)n1.Cc1cc(Nc2ccc(C(F)(F)F)c(C(=O)c3cccnc3N)n2)n[nH]1. The number of halogens is 12. The number of rotatable bonds is 20. The number of ketones is 4. The van der Waals surface area contributed by atoms with Gasteiger partial charge in [0.25, 0.3) is 0 Å². The molecule has 0 aromatic carbocycles. The van der Waals surface area contributed by atoms with Crippen molar-refractivity contribution in [3.63, 3.8) is 0 Å². The van der Waals surface area contributed by atoms with Crippen LogP contribution in [0.3, 0.4) is 0 Å². The van der Waals surface area contributed by atoms with Crippen LogP contribution in [0.15, 0.2) is 134 Å². The van der Waals surface area contributed by atoms with E-state index in [9.17, 15) is 71.9 Å². The molecule has 2 atom stereocenters. The number of nitrogens with zero attached hydrogens (tertiary/aromatic N) is 11. The summed E-state index contributed by atoms with van der Waals surface area (Å²) in [6, 6.07) is 21.3. The molecule has 554 valence electrons. The Morgan fingerprint density at radius 2 is 0.819 bits per heavy atom. The minimum Gasteiger partial charge on any atom is -0.384 e. The highest BCUT2D eigenvalue weighted by Gasteiger charge is 2.41. The van der Waals surface area contributed by atoms with Crippen molar-refractivity contribution in [1.29, 1.82) is 0 Å². The van der Waals surface area contributed by atoms with E-state index in [0.29, 0.717) is 30.5 Å². The van der Waals surface area contributed by atoms with Crippen molar-refractivity contribution in [3.8, 4) is 5.82 Å². The van der Waals surface area contributed by atoms with Crippen molar-refractivity contribution in [1.82, 2.24) is 59.8 Å². The highest BCUT2D eigenvalue weighted by Crippen LogP contribution is 2.38. The molecule has 0 bridgehead atoms. The van der Waals surface area contributed by atoms with E-state index in [-0.39, 0.29) is 92.6 Å². The van der Waals surface area contributed by atoms with Crippen molar-refractivity contribution < 1.29 is 71.9 Å². The molecule has 0 saturated carbocycles. The van der Waals surface area contributed by atoms with Gasteiger partial charge in [0.05, 0.1) is 50.2 Å². The lowest BCUT2D eigenvalue weighted by atomic mass is 10.0. The maximum atomic E-state index is 13.4. The summed E-state index contributed by atoms with van der Waals surface area (Å²) in [5, 5.41) is 19.2. The van der Waals surface area contributed by atoms with Crippen LogP contribution in [0.25, 0.3) is 5.82 Å². The predicted octanol–water partition coefficient (Wildman–Crippen LogP) is 11.3. The molecule has 10 aromatic rings. The molecule has 0 aliphatic carbocycles. The zero-order valence-electron chi connectivity index (χ0n) is 56.3. The molecule has 0 aliphatic rings. The number of aromatic nitrogens is 12. The molecule has 0 fully saturated rings. The minimum absolute atomic E-state index is 0.0191. The number of aromatic amines is 1. The summed E-state index contributed by atoms with van der Waals surface area (Å²) in [5.74, 6) is -3.16. The van der Waals surface area contributed by atoms with E-state index >= 15 is 0 Å². The highest BCUT2D eigenvalue weighted by molar-refractivity contribution is 6.13. The lowest BCUT2D eigenvalue weighted by Gasteiger charge is -2.18. The number of carbonyl (C=O) groups is 4. The number of pyridine rings is 8. The summed E-state index contributed by atoms with van der Waals surface area (Å²) in [6.07, 6.45) is -12.9. The Morgan fingerprint density at radius 3 is 1.14 bits per heavy atom. The smallest absolute Gasteiger partial charge is 0.384 e. The molecule has 0 aliphatic heterocycles. The molecule has 26 nitrogen and oxygen atoms in total. The van der Waals surface area contributed by atoms with Crippen LogP contribution < -0.4 is 56.1 Å². The molecule has 38 heteroatoms.